The van der Waals surface area contributed by atoms with Crippen molar-refractivity contribution < 1.29 is 22.7 Å². The minimum absolute atomic E-state index is 0.0494. The number of sulfone groups is 1. The van der Waals surface area contributed by atoms with Crippen molar-refractivity contribution in [2.24, 2.45) is 0 Å². The Labute approximate surface area is 156 Å². The second-order valence-electron chi connectivity index (χ2n) is 6.25. The number of carbonyl (C=O) groups is 2. The van der Waals surface area contributed by atoms with Crippen LogP contribution in [0.2, 0.25) is 0 Å². The van der Waals surface area contributed by atoms with Gasteiger partial charge in [0.2, 0.25) is 9.84 Å². The fraction of sp³-hybridized carbons (Fsp3) is 0.0476. The summed E-state index contributed by atoms with van der Waals surface area (Å²) in [4.78, 5) is 24.8. The Hall–Kier alpha value is -3.25. The SMILES string of the molecule is Cc1cccc(OC(=O)c2ccc3c(c2)S(=O)(=O)c2ccccc2C3=O)c1. The van der Waals surface area contributed by atoms with Crippen molar-refractivity contribution in [3.8, 4) is 5.75 Å². The van der Waals surface area contributed by atoms with Crippen molar-refractivity contribution in [3.05, 3.63) is 89.0 Å². The Morgan fingerprint density at radius 2 is 1.59 bits per heavy atom. The molecule has 0 saturated carbocycles. The van der Waals surface area contributed by atoms with E-state index in [2.05, 4.69) is 0 Å². The molecule has 6 heteroatoms. The van der Waals surface area contributed by atoms with E-state index in [0.29, 0.717) is 5.75 Å². The molecule has 0 aromatic heterocycles. The zero-order chi connectivity index (χ0) is 19.2. The average Bonchev–Trinajstić information content (AvgIpc) is 2.66. The molecule has 27 heavy (non-hydrogen) atoms. The zero-order valence-electron chi connectivity index (χ0n) is 14.3. The highest BCUT2D eigenvalue weighted by molar-refractivity contribution is 7.91. The van der Waals surface area contributed by atoms with Gasteiger partial charge in [-0.25, -0.2) is 13.2 Å². The molecule has 0 aliphatic carbocycles. The van der Waals surface area contributed by atoms with Crippen LogP contribution in [0, 0.1) is 6.92 Å². The molecule has 1 aliphatic rings. The van der Waals surface area contributed by atoms with Crippen LogP contribution < -0.4 is 4.74 Å². The van der Waals surface area contributed by atoms with Gasteiger partial charge >= 0.3 is 5.97 Å². The van der Waals surface area contributed by atoms with Gasteiger partial charge in [-0.3, -0.25) is 4.79 Å². The number of aryl methyl sites for hydroxylation is 1. The van der Waals surface area contributed by atoms with E-state index >= 15 is 0 Å². The first-order chi connectivity index (χ1) is 12.9. The van der Waals surface area contributed by atoms with Crippen LogP contribution in [-0.2, 0) is 9.84 Å². The predicted molar refractivity (Wildman–Crippen MR) is 97.9 cm³/mol. The van der Waals surface area contributed by atoms with Gasteiger partial charge in [-0.05, 0) is 55.0 Å². The number of ketones is 1. The third kappa shape index (κ3) is 2.84. The first kappa shape index (κ1) is 17.2. The lowest BCUT2D eigenvalue weighted by Crippen LogP contribution is -2.21. The van der Waals surface area contributed by atoms with Crippen molar-refractivity contribution in [2.75, 3.05) is 0 Å². The third-order valence-electron chi connectivity index (χ3n) is 4.37. The number of rotatable bonds is 2. The standard InChI is InChI=1S/C21H14O5S/c1-13-5-4-6-15(11-13)26-21(23)14-9-10-17-19(12-14)27(24,25)18-8-3-2-7-16(18)20(17)22/h2-12H,1H3. The summed E-state index contributed by atoms with van der Waals surface area (Å²) in [5.74, 6) is -0.707. The maximum atomic E-state index is 12.9. The second-order valence-corrected chi connectivity index (χ2v) is 8.13. The van der Waals surface area contributed by atoms with E-state index in [-0.39, 0.29) is 32.3 Å². The largest absolute Gasteiger partial charge is 0.423 e. The molecule has 0 radical (unpaired) electrons. The Bertz CT molecular complexity index is 1210. The molecule has 0 fully saturated rings. The normalized spacial score (nSPS) is 14.2. The molecule has 0 atom stereocenters. The van der Waals surface area contributed by atoms with Crippen molar-refractivity contribution >= 4 is 21.6 Å². The molecule has 1 heterocycles. The lowest BCUT2D eigenvalue weighted by atomic mass is 10.0. The summed E-state index contributed by atoms with van der Waals surface area (Å²) in [6, 6.07) is 17.0. The van der Waals surface area contributed by atoms with Crippen LogP contribution in [0.4, 0.5) is 0 Å². The average molecular weight is 378 g/mol. The number of benzene rings is 3. The molecular formula is C21H14O5S. The van der Waals surface area contributed by atoms with E-state index in [1.54, 1.807) is 30.3 Å². The molecule has 3 aromatic rings. The van der Waals surface area contributed by atoms with Gasteiger partial charge in [0.25, 0.3) is 0 Å². The van der Waals surface area contributed by atoms with Gasteiger partial charge in [-0.1, -0.05) is 24.3 Å². The van der Waals surface area contributed by atoms with E-state index in [1.165, 1.54) is 30.3 Å². The number of hydrogen-bond donors (Lipinski definition) is 0. The highest BCUT2D eigenvalue weighted by Crippen LogP contribution is 2.34. The Kier molecular flexibility index (Phi) is 3.93. The second kappa shape index (κ2) is 6.17. The van der Waals surface area contributed by atoms with Crippen LogP contribution in [0.15, 0.2) is 76.5 Å². The van der Waals surface area contributed by atoms with E-state index < -0.39 is 15.8 Å². The molecule has 0 unspecified atom stereocenters. The lowest BCUT2D eigenvalue weighted by molar-refractivity contribution is 0.0734. The van der Waals surface area contributed by atoms with Crippen molar-refractivity contribution in [3.63, 3.8) is 0 Å². The third-order valence-corrected chi connectivity index (χ3v) is 6.22. The van der Waals surface area contributed by atoms with Gasteiger partial charge in [0.1, 0.15) is 5.75 Å². The van der Waals surface area contributed by atoms with Gasteiger partial charge < -0.3 is 4.74 Å². The van der Waals surface area contributed by atoms with Crippen molar-refractivity contribution in [1.29, 1.82) is 0 Å². The molecule has 134 valence electrons. The molecule has 0 bridgehead atoms. The summed E-state index contributed by atoms with van der Waals surface area (Å²) < 4.78 is 31.1. The predicted octanol–water partition coefficient (Wildman–Crippen LogP) is 3.59. The summed E-state index contributed by atoms with van der Waals surface area (Å²) in [7, 11) is -3.90. The first-order valence-electron chi connectivity index (χ1n) is 8.19. The number of ether oxygens (including phenoxy) is 1. The summed E-state index contributed by atoms with van der Waals surface area (Å²) in [5, 5.41) is 0. The minimum Gasteiger partial charge on any atom is -0.423 e. The maximum Gasteiger partial charge on any atom is 0.343 e. The summed E-state index contributed by atoms with van der Waals surface area (Å²) in [5.41, 5.74) is 1.18. The quantitative estimate of drug-likeness (QED) is 0.393. The van der Waals surface area contributed by atoms with Gasteiger partial charge in [0.15, 0.2) is 5.78 Å². The Balaban J connectivity index is 1.77. The summed E-state index contributed by atoms with van der Waals surface area (Å²) in [6.07, 6.45) is 0. The monoisotopic (exact) mass is 378 g/mol. The molecule has 0 saturated heterocycles. The maximum absolute atomic E-state index is 12.9. The molecular weight excluding hydrogens is 364 g/mol. The van der Waals surface area contributed by atoms with E-state index in [0.717, 1.165) is 5.56 Å². The fourth-order valence-electron chi connectivity index (χ4n) is 3.06. The highest BCUT2D eigenvalue weighted by Gasteiger charge is 2.35. The van der Waals surface area contributed by atoms with Crippen molar-refractivity contribution in [1.82, 2.24) is 0 Å². The minimum atomic E-state index is -3.90. The van der Waals surface area contributed by atoms with Gasteiger partial charge in [0.05, 0.1) is 15.4 Å². The number of esters is 1. The molecule has 0 amide bonds. The Morgan fingerprint density at radius 3 is 2.37 bits per heavy atom. The van der Waals surface area contributed by atoms with Crippen LogP contribution >= 0.6 is 0 Å². The number of carbonyl (C=O) groups excluding carboxylic acids is 2. The topological polar surface area (TPSA) is 77.5 Å². The summed E-state index contributed by atoms with van der Waals surface area (Å²) in [6.45, 7) is 1.87. The lowest BCUT2D eigenvalue weighted by Gasteiger charge is -2.19. The van der Waals surface area contributed by atoms with Crippen LogP contribution in [0.3, 0.4) is 0 Å². The van der Waals surface area contributed by atoms with E-state index in [4.69, 9.17) is 4.74 Å². The smallest absolute Gasteiger partial charge is 0.343 e. The van der Waals surface area contributed by atoms with Gasteiger partial charge in [0, 0.05) is 11.1 Å². The summed E-state index contributed by atoms with van der Waals surface area (Å²) >= 11 is 0. The first-order valence-corrected chi connectivity index (χ1v) is 9.68. The van der Waals surface area contributed by atoms with Crippen LogP contribution in [0.25, 0.3) is 0 Å². The van der Waals surface area contributed by atoms with Crippen LogP contribution in [0.1, 0.15) is 31.8 Å². The molecule has 5 nitrogen and oxygen atoms in total. The fourth-order valence-corrected chi connectivity index (χ4v) is 4.73. The van der Waals surface area contributed by atoms with Crippen LogP contribution in [0.5, 0.6) is 5.75 Å². The highest BCUT2D eigenvalue weighted by atomic mass is 32.2. The zero-order valence-corrected chi connectivity index (χ0v) is 15.1. The number of hydrogen-bond acceptors (Lipinski definition) is 5. The van der Waals surface area contributed by atoms with E-state index in [9.17, 15) is 18.0 Å². The number of fused-ring (bicyclic) bond motifs is 2. The van der Waals surface area contributed by atoms with Crippen molar-refractivity contribution in [2.45, 2.75) is 16.7 Å². The Morgan fingerprint density at radius 1 is 0.852 bits per heavy atom. The van der Waals surface area contributed by atoms with E-state index in [1.807, 2.05) is 13.0 Å². The molecule has 0 N–H and O–H groups in total. The van der Waals surface area contributed by atoms with Gasteiger partial charge in [-0.15, -0.1) is 0 Å². The molecule has 1 aliphatic heterocycles. The molecule has 3 aromatic carbocycles. The van der Waals surface area contributed by atoms with Gasteiger partial charge in [-0.2, -0.15) is 0 Å². The van der Waals surface area contributed by atoms with Crippen LogP contribution in [-0.4, -0.2) is 20.2 Å². The molecule has 4 rings (SSSR count). The molecule has 0 spiro atoms.